The van der Waals surface area contributed by atoms with E-state index in [-0.39, 0.29) is 6.29 Å². The van der Waals surface area contributed by atoms with Gasteiger partial charge in [0.05, 0.1) is 13.2 Å². The van der Waals surface area contributed by atoms with Crippen LogP contribution in [0.5, 0.6) is 0 Å². The van der Waals surface area contributed by atoms with Crippen LogP contribution in [0, 0.1) is 0 Å². The molecule has 0 amide bonds. The molecule has 28 heavy (non-hydrogen) atoms. The first-order chi connectivity index (χ1) is 12.7. The maximum Gasteiger partial charge on any atom is 0.469 e. The Morgan fingerprint density at radius 2 is 1.39 bits per heavy atom. The average Bonchev–Trinajstić information content (AvgIpc) is 2.67. The third kappa shape index (κ3) is 11.8. The predicted molar refractivity (Wildman–Crippen MR) is 85.3 cm³/mol. The summed E-state index contributed by atoms with van der Waals surface area (Å²) in [5, 5.41) is 79.1. The summed E-state index contributed by atoms with van der Waals surface area (Å²) in [6, 6.07) is 0. The SMILES string of the molecule is O=C(CO)C(O)C(O)C(O)COP(=O)(O)O.O=CC(O)C(O)C(O)C(O)CO. The van der Waals surface area contributed by atoms with Crippen molar-refractivity contribution in [3.8, 4) is 0 Å². The zero-order chi connectivity index (χ0) is 22.7. The predicted octanol–water partition coefficient (Wildman–Crippen LogP) is -6.64. The number of rotatable bonds is 12. The molecule has 0 rings (SSSR count). The second-order valence-corrected chi connectivity index (χ2v) is 6.51. The molecule has 0 aromatic carbocycles. The van der Waals surface area contributed by atoms with Crippen molar-refractivity contribution in [2.24, 2.45) is 0 Å². The van der Waals surface area contributed by atoms with E-state index >= 15 is 0 Å². The number of aliphatic hydroxyl groups excluding tert-OH is 9. The number of aldehydes is 1. The monoisotopic (exact) mass is 440 g/mol. The number of phosphoric acid groups is 1. The Morgan fingerprint density at radius 3 is 1.75 bits per heavy atom. The van der Waals surface area contributed by atoms with Gasteiger partial charge in [-0.05, 0) is 0 Å². The number of Topliss-reactive ketones (excluding diaryl/α,β-unsaturated/α-hetero) is 1. The zero-order valence-electron chi connectivity index (χ0n) is 14.2. The molecule has 0 saturated heterocycles. The summed E-state index contributed by atoms with van der Waals surface area (Å²) >= 11 is 0. The van der Waals surface area contributed by atoms with Crippen molar-refractivity contribution in [2.75, 3.05) is 19.8 Å². The Labute approximate surface area is 157 Å². The number of phosphoric ester groups is 1. The number of carbonyl (C=O) groups is 2. The number of hydrogen-bond donors (Lipinski definition) is 11. The maximum absolute atomic E-state index is 10.7. The molecule has 11 N–H and O–H groups in total. The smallest absolute Gasteiger partial charge is 0.394 e. The molecule has 0 aromatic rings. The molecule has 0 aliphatic rings. The van der Waals surface area contributed by atoms with Gasteiger partial charge >= 0.3 is 7.82 Å². The first kappa shape index (κ1) is 29.3. The van der Waals surface area contributed by atoms with Gasteiger partial charge in [-0.2, -0.15) is 0 Å². The van der Waals surface area contributed by atoms with Gasteiger partial charge in [-0.15, -0.1) is 0 Å². The Bertz CT molecular complexity index is 495. The van der Waals surface area contributed by atoms with Gasteiger partial charge in [0.1, 0.15) is 49.3 Å². The van der Waals surface area contributed by atoms with Crippen molar-refractivity contribution in [2.45, 2.75) is 42.7 Å². The third-order valence-electron chi connectivity index (χ3n) is 3.04. The summed E-state index contributed by atoms with van der Waals surface area (Å²) in [6.07, 6.45) is -12.8. The molecule has 7 unspecified atom stereocenters. The molecule has 0 aromatic heterocycles. The summed E-state index contributed by atoms with van der Waals surface area (Å²) < 4.78 is 14.1. The molecule has 0 radical (unpaired) electrons. The van der Waals surface area contributed by atoms with Crippen LogP contribution in [0.1, 0.15) is 0 Å². The van der Waals surface area contributed by atoms with Crippen LogP contribution >= 0.6 is 7.82 Å². The fourth-order valence-electron chi connectivity index (χ4n) is 1.38. The molecule has 0 bridgehead atoms. The maximum atomic E-state index is 10.7. The van der Waals surface area contributed by atoms with Crippen LogP contribution in [0.4, 0.5) is 0 Å². The van der Waals surface area contributed by atoms with Gasteiger partial charge in [0, 0.05) is 0 Å². The van der Waals surface area contributed by atoms with Crippen molar-refractivity contribution in [3.05, 3.63) is 0 Å². The highest BCUT2D eigenvalue weighted by Crippen LogP contribution is 2.35. The number of hydrogen-bond acceptors (Lipinski definition) is 13. The number of carbonyl (C=O) groups excluding carboxylic acids is 2. The van der Waals surface area contributed by atoms with Gasteiger partial charge in [0.25, 0.3) is 0 Å². The van der Waals surface area contributed by atoms with Crippen LogP contribution in [0.25, 0.3) is 0 Å². The Morgan fingerprint density at radius 1 is 0.893 bits per heavy atom. The second kappa shape index (κ2) is 14.1. The molecular weight excluding hydrogens is 415 g/mol. The highest BCUT2D eigenvalue weighted by Gasteiger charge is 2.31. The summed E-state index contributed by atoms with van der Waals surface area (Å²) in [7, 11) is -4.81. The summed E-state index contributed by atoms with van der Waals surface area (Å²) in [5.41, 5.74) is 0. The van der Waals surface area contributed by atoms with Gasteiger partial charge in [-0.3, -0.25) is 9.32 Å². The lowest BCUT2D eigenvalue weighted by molar-refractivity contribution is -0.142. The van der Waals surface area contributed by atoms with Crippen molar-refractivity contribution in [1.82, 2.24) is 0 Å². The van der Waals surface area contributed by atoms with Gasteiger partial charge in [0.2, 0.25) is 0 Å². The van der Waals surface area contributed by atoms with Crippen molar-refractivity contribution < 1.29 is 74.4 Å². The van der Waals surface area contributed by atoms with E-state index in [0.717, 1.165) is 0 Å². The van der Waals surface area contributed by atoms with Crippen LogP contribution in [-0.2, 0) is 18.7 Å². The quantitative estimate of drug-likeness (QED) is 0.0993. The molecular formula is C12H25O15P. The molecule has 0 fully saturated rings. The Hall–Kier alpha value is -0.910. The molecule has 0 saturated carbocycles. The fraction of sp³-hybridized carbons (Fsp3) is 0.833. The number of aliphatic hydroxyl groups is 9. The average molecular weight is 440 g/mol. The van der Waals surface area contributed by atoms with Gasteiger partial charge in [0.15, 0.2) is 12.1 Å². The normalized spacial score (nSPS) is 19.2. The fourth-order valence-corrected chi connectivity index (χ4v) is 1.73. The lowest BCUT2D eigenvalue weighted by Gasteiger charge is -2.22. The lowest BCUT2D eigenvalue weighted by Crippen LogP contribution is -2.46. The molecule has 0 aliphatic carbocycles. The molecule has 7 atom stereocenters. The Balaban J connectivity index is 0. The van der Waals surface area contributed by atoms with E-state index in [4.69, 9.17) is 55.7 Å². The molecule has 168 valence electrons. The molecule has 0 heterocycles. The van der Waals surface area contributed by atoms with Crippen LogP contribution in [-0.4, -0.2) is 130 Å². The molecule has 0 spiro atoms. The third-order valence-corrected chi connectivity index (χ3v) is 3.52. The van der Waals surface area contributed by atoms with E-state index in [0.29, 0.717) is 0 Å². The van der Waals surface area contributed by atoms with E-state index in [1.165, 1.54) is 0 Å². The van der Waals surface area contributed by atoms with E-state index < -0.39 is 76.2 Å². The van der Waals surface area contributed by atoms with Crippen molar-refractivity contribution >= 4 is 19.9 Å². The molecule has 16 heteroatoms. The Kier molecular flexibility index (Phi) is 14.8. The number of ketones is 1. The first-order valence-electron chi connectivity index (χ1n) is 7.39. The van der Waals surface area contributed by atoms with Crippen LogP contribution in [0.2, 0.25) is 0 Å². The van der Waals surface area contributed by atoms with E-state index in [1.807, 2.05) is 0 Å². The van der Waals surface area contributed by atoms with E-state index in [1.54, 1.807) is 0 Å². The lowest BCUT2D eigenvalue weighted by atomic mass is 10.0. The van der Waals surface area contributed by atoms with Gasteiger partial charge in [-0.25, -0.2) is 4.57 Å². The molecule has 15 nitrogen and oxygen atoms in total. The minimum atomic E-state index is -4.81. The van der Waals surface area contributed by atoms with Crippen LogP contribution < -0.4 is 0 Å². The zero-order valence-corrected chi connectivity index (χ0v) is 15.1. The topological polar surface area (TPSA) is 283 Å². The first-order valence-corrected chi connectivity index (χ1v) is 8.92. The van der Waals surface area contributed by atoms with Gasteiger partial charge < -0.3 is 60.5 Å². The van der Waals surface area contributed by atoms with E-state index in [9.17, 15) is 14.2 Å². The minimum absolute atomic E-state index is 0.0258. The minimum Gasteiger partial charge on any atom is -0.394 e. The summed E-state index contributed by atoms with van der Waals surface area (Å²) in [5.74, 6) is -1.14. The van der Waals surface area contributed by atoms with Crippen LogP contribution in [0.3, 0.4) is 0 Å². The standard InChI is InChI=1S/C6H13O9P.C6H12O6/c7-1-3(8)5(10)6(11)4(9)2-15-16(12,13)14;7-1-3(9)5(11)6(12)4(10)2-8/h4-7,9-11H,1-2H2,(H2,12,13,14);1,3-6,8-12H,2H2. The van der Waals surface area contributed by atoms with Crippen molar-refractivity contribution in [1.29, 1.82) is 0 Å². The molecule has 0 aliphatic heterocycles. The summed E-state index contributed by atoms with van der Waals surface area (Å²) in [4.78, 5) is 37.1. The summed E-state index contributed by atoms with van der Waals surface area (Å²) in [6.45, 7) is -2.77. The van der Waals surface area contributed by atoms with E-state index in [2.05, 4.69) is 4.52 Å². The van der Waals surface area contributed by atoms with Crippen molar-refractivity contribution in [3.63, 3.8) is 0 Å². The van der Waals surface area contributed by atoms with Gasteiger partial charge in [-0.1, -0.05) is 0 Å². The van der Waals surface area contributed by atoms with Crippen LogP contribution in [0.15, 0.2) is 0 Å². The largest absolute Gasteiger partial charge is 0.469 e. The highest BCUT2D eigenvalue weighted by molar-refractivity contribution is 7.46. The highest BCUT2D eigenvalue weighted by atomic mass is 31.2. The second-order valence-electron chi connectivity index (χ2n) is 5.27.